The summed E-state index contributed by atoms with van der Waals surface area (Å²) in [7, 11) is 0. The molecule has 17 heavy (non-hydrogen) atoms. The molecule has 2 N–H and O–H groups in total. The lowest BCUT2D eigenvalue weighted by Crippen LogP contribution is -2.05. The van der Waals surface area contributed by atoms with Gasteiger partial charge in [-0.3, -0.25) is 0 Å². The maximum absolute atomic E-state index is 6.14. The first kappa shape index (κ1) is 9.65. The summed E-state index contributed by atoms with van der Waals surface area (Å²) >= 11 is 0. The van der Waals surface area contributed by atoms with Crippen LogP contribution in [0, 0.1) is 0 Å². The molecule has 84 valence electrons. The normalized spacial score (nSPS) is 10.6. The summed E-state index contributed by atoms with van der Waals surface area (Å²) in [5.41, 5.74) is 8.50. The van der Waals surface area contributed by atoms with Gasteiger partial charge in [0.1, 0.15) is 0 Å². The fourth-order valence-corrected chi connectivity index (χ4v) is 1.76. The molecule has 3 rings (SSSR count). The van der Waals surface area contributed by atoms with E-state index in [-0.39, 0.29) is 0 Å². The van der Waals surface area contributed by atoms with Crippen molar-refractivity contribution in [3.8, 4) is 11.4 Å². The zero-order valence-electron chi connectivity index (χ0n) is 9.06. The van der Waals surface area contributed by atoms with Crippen molar-refractivity contribution in [2.75, 3.05) is 5.73 Å². The van der Waals surface area contributed by atoms with Gasteiger partial charge >= 0.3 is 0 Å². The Morgan fingerprint density at radius 1 is 0.824 bits per heavy atom. The number of anilines is 1. The molecule has 0 spiro atoms. The molecule has 0 radical (unpaired) electrons. The molecule has 0 fully saturated rings. The lowest BCUT2D eigenvalue weighted by molar-refractivity contribution is 0.860. The SMILES string of the molecule is Nc1c(-n2cccn2)cccc1-n1cccn1. The number of hydrogen-bond acceptors (Lipinski definition) is 3. The molecule has 0 aliphatic carbocycles. The lowest BCUT2D eigenvalue weighted by Gasteiger charge is -2.10. The molecule has 0 atom stereocenters. The Labute approximate surface area is 98.1 Å². The number of rotatable bonds is 2. The summed E-state index contributed by atoms with van der Waals surface area (Å²) in [6, 6.07) is 9.51. The van der Waals surface area contributed by atoms with E-state index in [1.54, 1.807) is 21.8 Å². The van der Waals surface area contributed by atoms with Crippen LogP contribution in [0.1, 0.15) is 0 Å². The van der Waals surface area contributed by atoms with Gasteiger partial charge in [-0.25, -0.2) is 9.36 Å². The van der Waals surface area contributed by atoms with Gasteiger partial charge in [0.15, 0.2) is 0 Å². The minimum atomic E-state index is 0.653. The molecule has 2 heterocycles. The Bertz CT molecular complexity index is 558. The highest BCUT2D eigenvalue weighted by Crippen LogP contribution is 2.23. The van der Waals surface area contributed by atoms with Crippen LogP contribution in [0.5, 0.6) is 0 Å². The predicted octanol–water partition coefficient (Wildman–Crippen LogP) is 1.64. The summed E-state index contributed by atoms with van der Waals surface area (Å²) < 4.78 is 3.48. The fourth-order valence-electron chi connectivity index (χ4n) is 1.76. The van der Waals surface area contributed by atoms with Gasteiger partial charge in [-0.1, -0.05) is 6.07 Å². The number of aromatic nitrogens is 4. The van der Waals surface area contributed by atoms with Crippen LogP contribution in [0.2, 0.25) is 0 Å². The number of hydrogen-bond donors (Lipinski definition) is 1. The quantitative estimate of drug-likeness (QED) is 0.674. The Kier molecular flexibility index (Phi) is 2.15. The van der Waals surface area contributed by atoms with Gasteiger partial charge in [0.05, 0.1) is 17.1 Å². The smallest absolute Gasteiger partial charge is 0.0897 e. The highest BCUT2D eigenvalue weighted by molar-refractivity contribution is 5.69. The van der Waals surface area contributed by atoms with Crippen LogP contribution in [0.25, 0.3) is 11.4 Å². The second-order valence-electron chi connectivity index (χ2n) is 3.61. The summed E-state index contributed by atoms with van der Waals surface area (Å²) in [6.45, 7) is 0. The molecular weight excluding hydrogens is 214 g/mol. The van der Waals surface area contributed by atoms with Gasteiger partial charge in [0.25, 0.3) is 0 Å². The van der Waals surface area contributed by atoms with Gasteiger partial charge < -0.3 is 5.73 Å². The zero-order chi connectivity index (χ0) is 11.7. The predicted molar refractivity (Wildman–Crippen MR) is 65.1 cm³/mol. The van der Waals surface area contributed by atoms with E-state index in [2.05, 4.69) is 10.2 Å². The monoisotopic (exact) mass is 225 g/mol. The number of nitrogens with zero attached hydrogens (tertiary/aromatic N) is 4. The van der Waals surface area contributed by atoms with Crippen molar-refractivity contribution in [3.05, 3.63) is 55.1 Å². The third kappa shape index (κ3) is 1.57. The minimum absolute atomic E-state index is 0.653. The molecule has 0 bridgehead atoms. The molecule has 0 saturated heterocycles. The van der Waals surface area contributed by atoms with Gasteiger partial charge in [-0.15, -0.1) is 0 Å². The van der Waals surface area contributed by atoms with Crippen molar-refractivity contribution >= 4 is 5.69 Å². The van der Waals surface area contributed by atoms with Crippen LogP contribution in [-0.2, 0) is 0 Å². The topological polar surface area (TPSA) is 61.7 Å². The highest BCUT2D eigenvalue weighted by atomic mass is 15.3. The van der Waals surface area contributed by atoms with Crippen molar-refractivity contribution in [1.29, 1.82) is 0 Å². The van der Waals surface area contributed by atoms with Gasteiger partial charge in [-0.2, -0.15) is 10.2 Å². The third-order valence-corrected chi connectivity index (χ3v) is 2.56. The van der Waals surface area contributed by atoms with E-state index in [1.165, 1.54) is 0 Å². The summed E-state index contributed by atoms with van der Waals surface area (Å²) in [5.74, 6) is 0. The Hall–Kier alpha value is -2.56. The van der Waals surface area contributed by atoms with Crippen LogP contribution < -0.4 is 5.73 Å². The van der Waals surface area contributed by atoms with Crippen molar-refractivity contribution < 1.29 is 0 Å². The van der Waals surface area contributed by atoms with Crippen LogP contribution in [0.4, 0.5) is 5.69 Å². The number of benzene rings is 1. The number of nitrogen functional groups attached to an aromatic ring is 1. The standard InChI is InChI=1S/C12H11N5/c13-12-10(16-8-2-6-14-16)4-1-5-11(12)17-9-3-7-15-17/h1-9H,13H2. The summed E-state index contributed by atoms with van der Waals surface area (Å²) in [4.78, 5) is 0. The van der Waals surface area contributed by atoms with Crippen molar-refractivity contribution in [3.63, 3.8) is 0 Å². The van der Waals surface area contributed by atoms with Gasteiger partial charge in [-0.05, 0) is 24.3 Å². The largest absolute Gasteiger partial charge is 0.395 e. The molecule has 5 nitrogen and oxygen atoms in total. The second-order valence-corrected chi connectivity index (χ2v) is 3.61. The van der Waals surface area contributed by atoms with Crippen LogP contribution in [0.3, 0.4) is 0 Å². The van der Waals surface area contributed by atoms with E-state index in [1.807, 2.05) is 42.7 Å². The molecule has 0 saturated carbocycles. The third-order valence-electron chi connectivity index (χ3n) is 2.56. The van der Waals surface area contributed by atoms with E-state index in [0.29, 0.717) is 5.69 Å². The van der Waals surface area contributed by atoms with Gasteiger partial charge in [0, 0.05) is 24.8 Å². The van der Waals surface area contributed by atoms with Crippen LogP contribution in [0.15, 0.2) is 55.1 Å². The molecule has 2 aromatic heterocycles. The average molecular weight is 225 g/mol. The summed E-state index contributed by atoms with van der Waals surface area (Å²) in [5, 5.41) is 8.35. The van der Waals surface area contributed by atoms with Crippen molar-refractivity contribution in [2.24, 2.45) is 0 Å². The van der Waals surface area contributed by atoms with Crippen molar-refractivity contribution in [2.45, 2.75) is 0 Å². The van der Waals surface area contributed by atoms with Crippen molar-refractivity contribution in [1.82, 2.24) is 19.6 Å². The molecule has 3 aromatic rings. The molecule has 0 unspecified atom stereocenters. The maximum atomic E-state index is 6.14. The molecule has 1 aromatic carbocycles. The Morgan fingerprint density at radius 3 is 1.76 bits per heavy atom. The molecule has 0 amide bonds. The number of para-hydroxylation sites is 1. The second kappa shape index (κ2) is 3.79. The van der Waals surface area contributed by atoms with E-state index in [9.17, 15) is 0 Å². The lowest BCUT2D eigenvalue weighted by atomic mass is 10.2. The average Bonchev–Trinajstić information content (AvgIpc) is 3.02. The van der Waals surface area contributed by atoms with Gasteiger partial charge in [0.2, 0.25) is 0 Å². The molecule has 0 aliphatic heterocycles. The number of nitrogens with two attached hydrogens (primary N) is 1. The highest BCUT2D eigenvalue weighted by Gasteiger charge is 2.08. The molecule has 0 aliphatic rings. The van der Waals surface area contributed by atoms with E-state index < -0.39 is 0 Å². The first-order valence-corrected chi connectivity index (χ1v) is 5.25. The minimum Gasteiger partial charge on any atom is -0.395 e. The van der Waals surface area contributed by atoms with Crippen LogP contribution in [-0.4, -0.2) is 19.6 Å². The maximum Gasteiger partial charge on any atom is 0.0897 e. The van der Waals surface area contributed by atoms with E-state index in [4.69, 9.17) is 5.73 Å². The van der Waals surface area contributed by atoms with E-state index >= 15 is 0 Å². The molecule has 5 heteroatoms. The zero-order valence-corrected chi connectivity index (χ0v) is 9.06. The van der Waals surface area contributed by atoms with E-state index in [0.717, 1.165) is 11.4 Å². The fraction of sp³-hybridized carbons (Fsp3) is 0. The first-order valence-electron chi connectivity index (χ1n) is 5.25. The first-order chi connectivity index (χ1) is 8.36. The Morgan fingerprint density at radius 2 is 1.35 bits per heavy atom. The van der Waals surface area contributed by atoms with Crippen LogP contribution >= 0.6 is 0 Å². The summed E-state index contributed by atoms with van der Waals surface area (Å²) in [6.07, 6.45) is 7.16. The Balaban J connectivity index is 2.17. The molecular formula is C12H11N5.